The number of nitrogen functional groups attached to an aromatic ring is 1. The summed E-state index contributed by atoms with van der Waals surface area (Å²) in [5.74, 6) is -0.0859. The normalized spacial score (nSPS) is 21.0. The van der Waals surface area contributed by atoms with Crippen molar-refractivity contribution in [2.75, 3.05) is 24.3 Å². The first-order chi connectivity index (χ1) is 8.91. The molecule has 1 aliphatic heterocycles. The maximum absolute atomic E-state index is 11.4. The third kappa shape index (κ3) is 3.17. The summed E-state index contributed by atoms with van der Waals surface area (Å²) in [4.78, 5) is 11.4. The summed E-state index contributed by atoms with van der Waals surface area (Å²) in [5, 5.41) is 0. The van der Waals surface area contributed by atoms with E-state index >= 15 is 0 Å². The number of nitrogens with two attached hydrogens (primary N) is 1. The maximum Gasteiger partial charge on any atom is 0.337 e. The molecule has 1 aromatic carbocycles. The van der Waals surface area contributed by atoms with Gasteiger partial charge in [0.15, 0.2) is 9.84 Å². The van der Waals surface area contributed by atoms with Gasteiger partial charge in [-0.3, -0.25) is 0 Å². The highest BCUT2D eigenvalue weighted by Gasteiger charge is 2.29. The molecule has 0 spiro atoms. The van der Waals surface area contributed by atoms with Crippen molar-refractivity contribution in [2.24, 2.45) is 0 Å². The van der Waals surface area contributed by atoms with Crippen LogP contribution in [0.4, 0.5) is 5.69 Å². The summed E-state index contributed by atoms with van der Waals surface area (Å²) in [6, 6.07) is 4.52. The van der Waals surface area contributed by atoms with Crippen LogP contribution in [0.15, 0.2) is 18.2 Å². The molecule has 1 fully saturated rings. The Morgan fingerprint density at radius 1 is 1.42 bits per heavy atom. The third-order valence-corrected chi connectivity index (χ3v) is 4.66. The molecule has 6 nitrogen and oxygen atoms in total. The fraction of sp³-hybridized carbons (Fsp3) is 0.417. The Hall–Kier alpha value is -1.76. The molecule has 1 heterocycles. The Bertz CT molecular complexity index is 596. The molecule has 7 heteroatoms. The van der Waals surface area contributed by atoms with Gasteiger partial charge < -0.3 is 15.2 Å². The highest BCUT2D eigenvalue weighted by atomic mass is 32.2. The summed E-state index contributed by atoms with van der Waals surface area (Å²) < 4.78 is 32.9. The predicted molar refractivity (Wildman–Crippen MR) is 69.9 cm³/mol. The molecular weight excluding hydrogens is 270 g/mol. The van der Waals surface area contributed by atoms with Crippen LogP contribution in [0.3, 0.4) is 0 Å². The number of anilines is 1. The second-order valence-electron chi connectivity index (χ2n) is 4.39. The van der Waals surface area contributed by atoms with E-state index in [-0.39, 0.29) is 11.5 Å². The van der Waals surface area contributed by atoms with E-state index in [1.165, 1.54) is 25.3 Å². The van der Waals surface area contributed by atoms with Crippen molar-refractivity contribution in [1.82, 2.24) is 0 Å². The molecule has 1 aromatic rings. The second kappa shape index (κ2) is 5.08. The fourth-order valence-corrected chi connectivity index (χ4v) is 3.50. The highest BCUT2D eigenvalue weighted by Crippen LogP contribution is 2.27. The molecule has 0 amide bonds. The second-order valence-corrected chi connectivity index (χ2v) is 6.62. The van der Waals surface area contributed by atoms with Crippen LogP contribution in [0.5, 0.6) is 5.75 Å². The highest BCUT2D eigenvalue weighted by molar-refractivity contribution is 7.91. The summed E-state index contributed by atoms with van der Waals surface area (Å²) >= 11 is 0. The van der Waals surface area contributed by atoms with E-state index in [0.717, 1.165) is 0 Å². The number of carbonyl (C=O) groups is 1. The zero-order valence-electron chi connectivity index (χ0n) is 10.5. The van der Waals surface area contributed by atoms with Crippen LogP contribution in [0.1, 0.15) is 16.8 Å². The van der Waals surface area contributed by atoms with Crippen LogP contribution in [-0.4, -0.2) is 39.1 Å². The van der Waals surface area contributed by atoms with Crippen LogP contribution >= 0.6 is 0 Å². The number of benzene rings is 1. The molecule has 1 aliphatic rings. The number of methoxy groups -OCH3 is 1. The van der Waals surface area contributed by atoms with E-state index in [0.29, 0.717) is 23.4 Å². The van der Waals surface area contributed by atoms with Crippen molar-refractivity contribution in [2.45, 2.75) is 12.5 Å². The lowest BCUT2D eigenvalue weighted by molar-refractivity contribution is 0.0600. The smallest absolute Gasteiger partial charge is 0.337 e. The van der Waals surface area contributed by atoms with E-state index in [2.05, 4.69) is 4.74 Å². The molecular formula is C12H15NO5S. The molecule has 0 radical (unpaired) electrons. The molecule has 1 atom stereocenters. The van der Waals surface area contributed by atoms with Crippen LogP contribution in [0.25, 0.3) is 0 Å². The van der Waals surface area contributed by atoms with Gasteiger partial charge in [0.25, 0.3) is 0 Å². The lowest BCUT2D eigenvalue weighted by atomic mass is 10.2. The zero-order valence-corrected chi connectivity index (χ0v) is 11.3. The van der Waals surface area contributed by atoms with Gasteiger partial charge in [-0.15, -0.1) is 0 Å². The Morgan fingerprint density at radius 2 is 2.16 bits per heavy atom. The van der Waals surface area contributed by atoms with Crippen molar-refractivity contribution in [1.29, 1.82) is 0 Å². The molecule has 2 rings (SSSR count). The lowest BCUT2D eigenvalue weighted by Gasteiger charge is -2.14. The van der Waals surface area contributed by atoms with E-state index < -0.39 is 21.9 Å². The first kappa shape index (κ1) is 13.7. The minimum absolute atomic E-state index is 0.0190. The fourth-order valence-electron chi connectivity index (χ4n) is 1.91. The van der Waals surface area contributed by atoms with Gasteiger partial charge in [-0.2, -0.15) is 0 Å². The minimum Gasteiger partial charge on any atom is -0.487 e. The third-order valence-electron chi connectivity index (χ3n) is 2.92. The quantitative estimate of drug-likeness (QED) is 0.646. The Labute approximate surface area is 111 Å². The van der Waals surface area contributed by atoms with Gasteiger partial charge >= 0.3 is 5.97 Å². The first-order valence-corrected chi connectivity index (χ1v) is 7.58. The molecule has 0 aliphatic carbocycles. The van der Waals surface area contributed by atoms with Gasteiger partial charge in [0, 0.05) is 0 Å². The summed E-state index contributed by atoms with van der Waals surface area (Å²) in [6.45, 7) is 0. The van der Waals surface area contributed by atoms with Crippen molar-refractivity contribution in [3.05, 3.63) is 23.8 Å². The summed E-state index contributed by atoms with van der Waals surface area (Å²) in [6.07, 6.45) is 0.0183. The maximum atomic E-state index is 11.4. The molecule has 0 saturated carbocycles. The molecule has 0 bridgehead atoms. The number of carbonyl (C=O) groups excluding carboxylic acids is 1. The summed E-state index contributed by atoms with van der Waals surface area (Å²) in [5.41, 5.74) is 6.42. The standard InChI is InChI=1S/C12H15NO5S/c1-17-12(14)8-2-3-10(13)11(6-8)18-9-4-5-19(15,16)7-9/h2-3,6,9H,4-5,7,13H2,1H3. The molecule has 104 valence electrons. The van der Waals surface area contributed by atoms with Gasteiger partial charge in [0.2, 0.25) is 0 Å². The molecule has 0 aromatic heterocycles. The number of hydrogen-bond acceptors (Lipinski definition) is 6. The predicted octanol–water partition coefficient (Wildman–Crippen LogP) is 0.621. The van der Waals surface area contributed by atoms with E-state index in [9.17, 15) is 13.2 Å². The van der Waals surface area contributed by atoms with Gasteiger partial charge in [0.05, 0.1) is 29.9 Å². The van der Waals surface area contributed by atoms with Crippen LogP contribution in [-0.2, 0) is 14.6 Å². The number of sulfone groups is 1. The molecule has 19 heavy (non-hydrogen) atoms. The van der Waals surface area contributed by atoms with Crippen molar-refractivity contribution >= 4 is 21.5 Å². The number of hydrogen-bond donors (Lipinski definition) is 1. The van der Waals surface area contributed by atoms with Crippen molar-refractivity contribution in [3.8, 4) is 5.75 Å². The monoisotopic (exact) mass is 285 g/mol. The number of esters is 1. The minimum atomic E-state index is -3.02. The van der Waals surface area contributed by atoms with Gasteiger partial charge in [-0.25, -0.2) is 13.2 Å². The van der Waals surface area contributed by atoms with Crippen molar-refractivity contribution < 1.29 is 22.7 Å². The largest absolute Gasteiger partial charge is 0.487 e. The van der Waals surface area contributed by atoms with Gasteiger partial charge in [-0.05, 0) is 24.6 Å². The van der Waals surface area contributed by atoms with E-state index in [4.69, 9.17) is 10.5 Å². The molecule has 1 saturated heterocycles. The van der Waals surface area contributed by atoms with Gasteiger partial charge in [-0.1, -0.05) is 0 Å². The number of ether oxygens (including phenoxy) is 2. The zero-order chi connectivity index (χ0) is 14.0. The van der Waals surface area contributed by atoms with Gasteiger partial charge in [0.1, 0.15) is 11.9 Å². The first-order valence-electron chi connectivity index (χ1n) is 5.76. The number of rotatable bonds is 3. The van der Waals surface area contributed by atoms with Crippen LogP contribution in [0, 0.1) is 0 Å². The van der Waals surface area contributed by atoms with Crippen molar-refractivity contribution in [3.63, 3.8) is 0 Å². The van der Waals surface area contributed by atoms with Crippen LogP contribution < -0.4 is 10.5 Å². The molecule has 2 N–H and O–H groups in total. The molecule has 1 unspecified atom stereocenters. The topological polar surface area (TPSA) is 95.7 Å². The average Bonchev–Trinajstić information content (AvgIpc) is 2.70. The Kier molecular flexibility index (Phi) is 3.66. The average molecular weight is 285 g/mol. The van der Waals surface area contributed by atoms with E-state index in [1.807, 2.05) is 0 Å². The SMILES string of the molecule is COC(=O)c1ccc(N)c(OC2CCS(=O)(=O)C2)c1. The van der Waals surface area contributed by atoms with E-state index in [1.54, 1.807) is 0 Å². The van der Waals surface area contributed by atoms with Crippen LogP contribution in [0.2, 0.25) is 0 Å². The lowest BCUT2D eigenvalue weighted by Crippen LogP contribution is -2.18. The Morgan fingerprint density at radius 3 is 2.74 bits per heavy atom. The summed E-state index contributed by atoms with van der Waals surface area (Å²) in [7, 11) is -1.74. The Balaban J connectivity index is 2.18.